The molecule has 13 heavy (non-hydrogen) atoms. The van der Waals surface area contributed by atoms with Gasteiger partial charge in [-0.3, -0.25) is 4.79 Å². The van der Waals surface area contributed by atoms with Crippen molar-refractivity contribution in [3.05, 3.63) is 0 Å². The lowest BCUT2D eigenvalue weighted by atomic mass is 10.1. The molecule has 2 N–H and O–H groups in total. The van der Waals surface area contributed by atoms with E-state index in [9.17, 15) is 4.79 Å². The summed E-state index contributed by atoms with van der Waals surface area (Å²) in [5, 5.41) is 0. The molecule has 0 radical (unpaired) electrons. The van der Waals surface area contributed by atoms with Gasteiger partial charge in [-0.05, 0) is 12.8 Å². The Bertz CT molecular complexity index is 170. The average Bonchev–Trinajstić information content (AvgIpc) is 2.54. The van der Waals surface area contributed by atoms with Gasteiger partial charge in [-0.25, -0.2) is 0 Å². The minimum atomic E-state index is 0.298. The van der Waals surface area contributed by atoms with E-state index < -0.39 is 0 Å². The second-order valence-electron chi connectivity index (χ2n) is 3.72. The Balaban J connectivity index is 2.40. The summed E-state index contributed by atoms with van der Waals surface area (Å²) in [6.07, 6.45) is 5.16. The van der Waals surface area contributed by atoms with Crippen LogP contribution < -0.4 is 5.73 Å². The van der Waals surface area contributed by atoms with Gasteiger partial charge in [-0.15, -0.1) is 0 Å². The molecule has 0 aromatic carbocycles. The molecule has 0 aromatic rings. The van der Waals surface area contributed by atoms with Gasteiger partial charge in [0.05, 0.1) is 0 Å². The number of rotatable bonds is 5. The van der Waals surface area contributed by atoms with Gasteiger partial charge >= 0.3 is 0 Å². The lowest BCUT2D eigenvalue weighted by molar-refractivity contribution is -0.129. The van der Waals surface area contributed by atoms with E-state index in [1.165, 1.54) is 12.8 Å². The Morgan fingerprint density at radius 2 is 2.38 bits per heavy atom. The highest BCUT2D eigenvalue weighted by atomic mass is 16.2. The SMILES string of the molecule is CCCCC(CN)N1CCCC1=O. The van der Waals surface area contributed by atoms with E-state index in [0.717, 1.165) is 25.8 Å². The van der Waals surface area contributed by atoms with E-state index >= 15 is 0 Å². The van der Waals surface area contributed by atoms with Crippen LogP contribution >= 0.6 is 0 Å². The van der Waals surface area contributed by atoms with Crippen LogP contribution in [-0.2, 0) is 4.79 Å². The Labute approximate surface area is 80.3 Å². The quantitative estimate of drug-likeness (QED) is 0.696. The van der Waals surface area contributed by atoms with Crippen LogP contribution in [0.15, 0.2) is 0 Å². The molecule has 1 atom stereocenters. The third-order valence-corrected chi connectivity index (χ3v) is 2.71. The predicted molar refractivity (Wildman–Crippen MR) is 53.3 cm³/mol. The van der Waals surface area contributed by atoms with Gasteiger partial charge in [0.2, 0.25) is 5.91 Å². The van der Waals surface area contributed by atoms with Crippen molar-refractivity contribution in [2.75, 3.05) is 13.1 Å². The van der Waals surface area contributed by atoms with Crippen LogP contribution in [0.4, 0.5) is 0 Å². The van der Waals surface area contributed by atoms with Crippen molar-refractivity contribution in [1.82, 2.24) is 4.90 Å². The Kier molecular flexibility index (Phi) is 4.22. The molecule has 1 unspecified atom stereocenters. The number of nitrogens with zero attached hydrogens (tertiary/aromatic N) is 1. The first kappa shape index (κ1) is 10.5. The molecular formula is C10H20N2O. The minimum absolute atomic E-state index is 0.298. The molecule has 1 rings (SSSR count). The van der Waals surface area contributed by atoms with E-state index in [1.54, 1.807) is 0 Å². The van der Waals surface area contributed by atoms with Crippen LogP contribution in [0.5, 0.6) is 0 Å². The van der Waals surface area contributed by atoms with Crippen molar-refractivity contribution in [3.8, 4) is 0 Å². The second kappa shape index (κ2) is 5.22. The van der Waals surface area contributed by atoms with Crippen molar-refractivity contribution in [1.29, 1.82) is 0 Å². The maximum atomic E-state index is 11.4. The van der Waals surface area contributed by atoms with E-state index in [-0.39, 0.29) is 0 Å². The zero-order chi connectivity index (χ0) is 9.68. The monoisotopic (exact) mass is 184 g/mol. The summed E-state index contributed by atoms with van der Waals surface area (Å²) in [5.41, 5.74) is 5.66. The third kappa shape index (κ3) is 2.69. The number of unbranched alkanes of at least 4 members (excludes halogenated alkanes) is 1. The molecule has 0 saturated carbocycles. The van der Waals surface area contributed by atoms with Crippen LogP contribution in [0.3, 0.4) is 0 Å². The smallest absolute Gasteiger partial charge is 0.222 e. The molecule has 1 saturated heterocycles. The van der Waals surface area contributed by atoms with E-state index in [1.807, 2.05) is 4.90 Å². The van der Waals surface area contributed by atoms with Gasteiger partial charge < -0.3 is 10.6 Å². The standard InChI is InChI=1S/C10H20N2O/c1-2-3-5-9(8-11)12-7-4-6-10(12)13/h9H,2-8,11H2,1H3. The number of nitrogens with two attached hydrogens (primary N) is 1. The largest absolute Gasteiger partial charge is 0.338 e. The van der Waals surface area contributed by atoms with Gasteiger partial charge in [0.1, 0.15) is 0 Å². The van der Waals surface area contributed by atoms with Crippen molar-refractivity contribution in [3.63, 3.8) is 0 Å². The van der Waals surface area contributed by atoms with Crippen LogP contribution in [-0.4, -0.2) is 29.9 Å². The van der Waals surface area contributed by atoms with Gasteiger partial charge in [0.25, 0.3) is 0 Å². The zero-order valence-corrected chi connectivity index (χ0v) is 8.46. The average molecular weight is 184 g/mol. The Morgan fingerprint density at radius 3 is 2.85 bits per heavy atom. The number of carbonyl (C=O) groups excluding carboxylic acids is 1. The van der Waals surface area contributed by atoms with Crippen LogP contribution in [0.2, 0.25) is 0 Å². The first-order valence-corrected chi connectivity index (χ1v) is 5.29. The second-order valence-corrected chi connectivity index (χ2v) is 3.72. The van der Waals surface area contributed by atoms with Crippen molar-refractivity contribution in [2.45, 2.75) is 45.1 Å². The Morgan fingerprint density at radius 1 is 1.62 bits per heavy atom. The molecule has 0 aromatic heterocycles. The molecule has 1 amide bonds. The van der Waals surface area contributed by atoms with Crippen molar-refractivity contribution in [2.24, 2.45) is 5.73 Å². The van der Waals surface area contributed by atoms with Gasteiger partial charge in [-0.1, -0.05) is 19.8 Å². The van der Waals surface area contributed by atoms with Crippen LogP contribution in [0, 0.1) is 0 Å². The number of amides is 1. The first-order valence-electron chi connectivity index (χ1n) is 5.29. The molecule has 0 aliphatic carbocycles. The molecule has 0 bridgehead atoms. The normalized spacial score (nSPS) is 19.5. The fraction of sp³-hybridized carbons (Fsp3) is 0.900. The van der Waals surface area contributed by atoms with E-state index in [4.69, 9.17) is 5.73 Å². The van der Waals surface area contributed by atoms with Gasteiger partial charge in [0, 0.05) is 25.6 Å². The minimum Gasteiger partial charge on any atom is -0.338 e. The highest BCUT2D eigenvalue weighted by Crippen LogP contribution is 2.16. The maximum Gasteiger partial charge on any atom is 0.222 e. The lowest BCUT2D eigenvalue weighted by Crippen LogP contribution is -2.41. The Hall–Kier alpha value is -0.570. The molecule has 1 heterocycles. The van der Waals surface area contributed by atoms with Crippen LogP contribution in [0.25, 0.3) is 0 Å². The molecule has 1 fully saturated rings. The molecule has 76 valence electrons. The maximum absolute atomic E-state index is 11.4. The number of carbonyl (C=O) groups is 1. The highest BCUT2D eigenvalue weighted by Gasteiger charge is 2.26. The summed E-state index contributed by atoms with van der Waals surface area (Å²) in [7, 11) is 0. The topological polar surface area (TPSA) is 46.3 Å². The summed E-state index contributed by atoms with van der Waals surface area (Å²) >= 11 is 0. The lowest BCUT2D eigenvalue weighted by Gasteiger charge is -2.26. The molecule has 3 nitrogen and oxygen atoms in total. The zero-order valence-electron chi connectivity index (χ0n) is 8.46. The summed E-state index contributed by atoms with van der Waals surface area (Å²) in [4.78, 5) is 13.4. The highest BCUT2D eigenvalue weighted by molar-refractivity contribution is 5.78. The summed E-state index contributed by atoms with van der Waals surface area (Å²) in [6.45, 7) is 3.70. The molecular weight excluding hydrogens is 164 g/mol. The van der Waals surface area contributed by atoms with Crippen molar-refractivity contribution >= 4 is 5.91 Å². The fourth-order valence-corrected chi connectivity index (χ4v) is 1.90. The number of hydrogen-bond acceptors (Lipinski definition) is 2. The third-order valence-electron chi connectivity index (χ3n) is 2.71. The summed E-state index contributed by atoms with van der Waals surface area (Å²) in [5.74, 6) is 0.298. The first-order chi connectivity index (χ1) is 6.29. The molecule has 0 spiro atoms. The number of hydrogen-bond donors (Lipinski definition) is 1. The summed E-state index contributed by atoms with van der Waals surface area (Å²) < 4.78 is 0. The van der Waals surface area contributed by atoms with E-state index in [0.29, 0.717) is 18.5 Å². The van der Waals surface area contributed by atoms with Crippen LogP contribution in [0.1, 0.15) is 39.0 Å². The predicted octanol–water partition coefficient (Wildman–Crippen LogP) is 1.13. The molecule has 1 aliphatic rings. The number of likely N-dealkylation sites (tertiary alicyclic amines) is 1. The van der Waals surface area contributed by atoms with Gasteiger partial charge in [-0.2, -0.15) is 0 Å². The fourth-order valence-electron chi connectivity index (χ4n) is 1.90. The van der Waals surface area contributed by atoms with Gasteiger partial charge in [0.15, 0.2) is 0 Å². The molecule has 3 heteroatoms. The molecule has 1 aliphatic heterocycles. The summed E-state index contributed by atoms with van der Waals surface area (Å²) in [6, 6.07) is 0.301. The van der Waals surface area contributed by atoms with Crippen molar-refractivity contribution < 1.29 is 4.79 Å². The van der Waals surface area contributed by atoms with E-state index in [2.05, 4.69) is 6.92 Å².